The fourth-order valence-electron chi connectivity index (χ4n) is 3.01. The van der Waals surface area contributed by atoms with Gasteiger partial charge in [0.2, 0.25) is 0 Å². The third-order valence-corrected chi connectivity index (χ3v) is 4.11. The van der Waals surface area contributed by atoms with Gasteiger partial charge in [0, 0.05) is 6.54 Å². The number of halogens is 1. The van der Waals surface area contributed by atoms with E-state index in [1.165, 1.54) is 32.1 Å². The third kappa shape index (κ3) is 4.20. The number of nitrogens with two attached hydrogens (primary N) is 1. The Bertz CT molecular complexity index is 406. The maximum Gasteiger partial charge on any atom is 0.146 e. The molecule has 2 rings (SSSR count). The maximum atomic E-state index is 13.4. The van der Waals surface area contributed by atoms with Crippen LogP contribution in [0.4, 0.5) is 10.1 Å². The van der Waals surface area contributed by atoms with Crippen LogP contribution >= 0.6 is 0 Å². The van der Waals surface area contributed by atoms with Crippen molar-refractivity contribution in [1.82, 2.24) is 4.90 Å². The lowest BCUT2D eigenvalue weighted by molar-refractivity contribution is 0.271. The van der Waals surface area contributed by atoms with Gasteiger partial charge in [0.1, 0.15) is 5.82 Å². The maximum absolute atomic E-state index is 13.4. The predicted octanol–water partition coefficient (Wildman–Crippen LogP) is 3.81. The van der Waals surface area contributed by atoms with Crippen LogP contribution in [0.3, 0.4) is 0 Å². The third-order valence-electron chi connectivity index (χ3n) is 4.11. The first-order valence-corrected chi connectivity index (χ1v) is 7.45. The summed E-state index contributed by atoms with van der Waals surface area (Å²) in [7, 11) is 0. The molecular weight excluding hydrogens is 239 g/mol. The number of anilines is 1. The highest BCUT2D eigenvalue weighted by Crippen LogP contribution is 2.23. The van der Waals surface area contributed by atoms with Crippen molar-refractivity contribution < 1.29 is 4.39 Å². The summed E-state index contributed by atoms with van der Waals surface area (Å²) >= 11 is 0. The first kappa shape index (κ1) is 14.3. The van der Waals surface area contributed by atoms with E-state index in [2.05, 4.69) is 11.8 Å². The minimum atomic E-state index is -0.295. The Labute approximate surface area is 115 Å². The van der Waals surface area contributed by atoms with E-state index in [0.29, 0.717) is 0 Å². The fourth-order valence-corrected chi connectivity index (χ4v) is 3.01. The normalized spacial score (nSPS) is 21.3. The number of hydrogen-bond donors (Lipinski definition) is 1. The van der Waals surface area contributed by atoms with Crippen LogP contribution in [-0.2, 0) is 6.54 Å². The van der Waals surface area contributed by atoms with Crippen LogP contribution in [0.5, 0.6) is 0 Å². The van der Waals surface area contributed by atoms with E-state index >= 15 is 0 Å². The average Bonchev–Trinajstić information content (AvgIpc) is 2.60. The molecule has 1 saturated heterocycles. The molecule has 106 valence electrons. The van der Waals surface area contributed by atoms with E-state index in [9.17, 15) is 4.39 Å². The van der Waals surface area contributed by atoms with Gasteiger partial charge in [-0.05, 0) is 56.0 Å². The van der Waals surface area contributed by atoms with E-state index in [1.807, 2.05) is 6.07 Å². The second-order valence-electron chi connectivity index (χ2n) is 5.72. The minimum absolute atomic E-state index is 0.239. The van der Waals surface area contributed by atoms with Crippen molar-refractivity contribution in [3.8, 4) is 0 Å². The van der Waals surface area contributed by atoms with Crippen molar-refractivity contribution in [3.05, 3.63) is 29.6 Å². The summed E-state index contributed by atoms with van der Waals surface area (Å²) in [6.45, 7) is 5.37. The number of nitrogen functional groups attached to an aromatic ring is 1. The Morgan fingerprint density at radius 3 is 2.89 bits per heavy atom. The molecule has 2 N–H and O–H groups in total. The molecule has 0 saturated carbocycles. The van der Waals surface area contributed by atoms with Gasteiger partial charge in [0.25, 0.3) is 0 Å². The first-order valence-electron chi connectivity index (χ1n) is 7.45. The second-order valence-corrected chi connectivity index (χ2v) is 5.72. The summed E-state index contributed by atoms with van der Waals surface area (Å²) in [6, 6.07) is 5.18. The lowest BCUT2D eigenvalue weighted by Crippen LogP contribution is -2.24. The van der Waals surface area contributed by atoms with Crippen molar-refractivity contribution in [1.29, 1.82) is 0 Å². The smallest absolute Gasteiger partial charge is 0.146 e. The van der Waals surface area contributed by atoms with Crippen LogP contribution in [0.2, 0.25) is 0 Å². The average molecular weight is 264 g/mol. The number of likely N-dealkylation sites (tertiary alicyclic amines) is 1. The summed E-state index contributed by atoms with van der Waals surface area (Å²) < 4.78 is 13.4. The molecule has 1 aromatic rings. The van der Waals surface area contributed by atoms with Gasteiger partial charge in [0.05, 0.1) is 5.69 Å². The van der Waals surface area contributed by atoms with Gasteiger partial charge in [-0.2, -0.15) is 0 Å². The molecule has 1 heterocycles. The zero-order valence-electron chi connectivity index (χ0n) is 11.9. The molecule has 1 aromatic carbocycles. The van der Waals surface area contributed by atoms with Crippen LogP contribution < -0.4 is 5.73 Å². The molecule has 0 spiro atoms. The monoisotopic (exact) mass is 264 g/mol. The minimum Gasteiger partial charge on any atom is -0.396 e. The quantitative estimate of drug-likeness (QED) is 0.838. The highest BCUT2D eigenvalue weighted by molar-refractivity contribution is 5.41. The van der Waals surface area contributed by atoms with Gasteiger partial charge in [-0.3, -0.25) is 4.90 Å². The molecule has 1 aliphatic heterocycles. The summed E-state index contributed by atoms with van der Waals surface area (Å²) in [5, 5.41) is 0. The van der Waals surface area contributed by atoms with Crippen LogP contribution in [0.25, 0.3) is 0 Å². The molecule has 3 heteroatoms. The summed E-state index contributed by atoms with van der Waals surface area (Å²) in [4.78, 5) is 2.45. The molecule has 0 amide bonds. The van der Waals surface area contributed by atoms with Gasteiger partial charge < -0.3 is 5.73 Å². The molecule has 1 aliphatic rings. The van der Waals surface area contributed by atoms with Gasteiger partial charge in [-0.25, -0.2) is 4.39 Å². The van der Waals surface area contributed by atoms with Crippen molar-refractivity contribution in [3.63, 3.8) is 0 Å². The topological polar surface area (TPSA) is 29.3 Å². The standard InChI is InChI=1S/C16H25FN2/c1-2-4-13-5-3-9-19(10-8-13)12-14-6-7-16(18)15(17)11-14/h6-7,11,13H,2-5,8-10,12,18H2,1H3. The van der Waals surface area contributed by atoms with E-state index < -0.39 is 0 Å². The highest BCUT2D eigenvalue weighted by Gasteiger charge is 2.16. The Morgan fingerprint density at radius 2 is 2.16 bits per heavy atom. The lowest BCUT2D eigenvalue weighted by Gasteiger charge is -2.20. The molecule has 2 nitrogen and oxygen atoms in total. The molecule has 19 heavy (non-hydrogen) atoms. The van der Waals surface area contributed by atoms with Gasteiger partial charge in [0.15, 0.2) is 0 Å². The van der Waals surface area contributed by atoms with E-state index in [4.69, 9.17) is 5.73 Å². The van der Waals surface area contributed by atoms with E-state index in [-0.39, 0.29) is 11.5 Å². The summed E-state index contributed by atoms with van der Waals surface area (Å²) in [5.74, 6) is 0.592. The molecule has 1 unspecified atom stereocenters. The Morgan fingerprint density at radius 1 is 1.32 bits per heavy atom. The van der Waals surface area contributed by atoms with E-state index in [0.717, 1.165) is 31.1 Å². The first-order chi connectivity index (χ1) is 9.19. The molecule has 0 bridgehead atoms. The molecule has 1 fully saturated rings. The largest absolute Gasteiger partial charge is 0.396 e. The van der Waals surface area contributed by atoms with Crippen LogP contribution in [0, 0.1) is 11.7 Å². The summed E-state index contributed by atoms with van der Waals surface area (Å²) in [5.41, 5.74) is 6.78. The number of rotatable bonds is 4. The summed E-state index contributed by atoms with van der Waals surface area (Å²) in [6.07, 6.45) is 6.53. The zero-order valence-corrected chi connectivity index (χ0v) is 11.9. The van der Waals surface area contributed by atoms with Crippen molar-refractivity contribution in [2.24, 2.45) is 5.92 Å². The number of benzene rings is 1. The highest BCUT2D eigenvalue weighted by atomic mass is 19.1. The van der Waals surface area contributed by atoms with Crippen molar-refractivity contribution in [2.75, 3.05) is 18.8 Å². The Hall–Kier alpha value is -1.09. The van der Waals surface area contributed by atoms with Crippen LogP contribution in [0.1, 0.15) is 44.6 Å². The van der Waals surface area contributed by atoms with E-state index in [1.54, 1.807) is 12.1 Å². The van der Waals surface area contributed by atoms with Crippen molar-refractivity contribution in [2.45, 2.75) is 45.6 Å². The molecule has 0 radical (unpaired) electrons. The number of hydrogen-bond acceptors (Lipinski definition) is 2. The molecule has 0 aliphatic carbocycles. The Kier molecular flexibility index (Phi) is 5.20. The molecule has 1 atom stereocenters. The van der Waals surface area contributed by atoms with Gasteiger partial charge in [-0.15, -0.1) is 0 Å². The number of nitrogens with zero attached hydrogens (tertiary/aromatic N) is 1. The zero-order chi connectivity index (χ0) is 13.7. The van der Waals surface area contributed by atoms with Crippen molar-refractivity contribution >= 4 is 5.69 Å². The van der Waals surface area contributed by atoms with Crippen LogP contribution in [0.15, 0.2) is 18.2 Å². The van der Waals surface area contributed by atoms with Crippen LogP contribution in [-0.4, -0.2) is 18.0 Å². The SMILES string of the molecule is CCCC1CCCN(Cc2ccc(N)c(F)c2)CC1. The fraction of sp³-hybridized carbons (Fsp3) is 0.625. The molecular formula is C16H25FN2. The molecule has 0 aromatic heterocycles. The second kappa shape index (κ2) is 6.90. The predicted molar refractivity (Wildman–Crippen MR) is 78.3 cm³/mol. The van der Waals surface area contributed by atoms with Gasteiger partial charge >= 0.3 is 0 Å². The Balaban J connectivity index is 1.90. The lowest BCUT2D eigenvalue weighted by atomic mass is 9.96. The van der Waals surface area contributed by atoms with Gasteiger partial charge in [-0.1, -0.05) is 25.8 Å².